The van der Waals surface area contributed by atoms with Gasteiger partial charge < -0.3 is 10.6 Å². The number of nitrogens with zero attached hydrogens (tertiary/aromatic N) is 2. The molecule has 2 rings (SSSR count). The highest BCUT2D eigenvalue weighted by Crippen LogP contribution is 2.27. The lowest BCUT2D eigenvalue weighted by Gasteiger charge is -2.11. The van der Waals surface area contributed by atoms with Gasteiger partial charge in [0.15, 0.2) is 5.16 Å². The van der Waals surface area contributed by atoms with E-state index in [-0.39, 0.29) is 0 Å². The van der Waals surface area contributed by atoms with E-state index in [0.29, 0.717) is 10.2 Å². The van der Waals surface area contributed by atoms with Crippen LogP contribution in [-0.4, -0.2) is 22.8 Å². The molecule has 2 N–H and O–H groups in total. The Kier molecular flexibility index (Phi) is 5.74. The lowest BCUT2D eigenvalue weighted by Crippen LogP contribution is -2.03. The van der Waals surface area contributed by atoms with E-state index in [1.54, 1.807) is 0 Å². The fraction of sp³-hybridized carbons (Fsp3) is 0.231. The highest BCUT2D eigenvalue weighted by Gasteiger charge is 2.06. The molecule has 0 bridgehead atoms. The summed E-state index contributed by atoms with van der Waals surface area (Å²) in [5, 5.41) is 7.81. The molecule has 4 nitrogen and oxygen atoms in total. The van der Waals surface area contributed by atoms with Gasteiger partial charge in [-0.05, 0) is 54.0 Å². The molecule has 0 saturated carbocycles. The van der Waals surface area contributed by atoms with Crippen molar-refractivity contribution in [3.63, 3.8) is 0 Å². The standard InChI is InChI=1S/C13H14ClIN4S/c1-3-16-11-7-12(19-13(18-11)20-2)17-10-5-4-8(15)6-9(10)14/h4-7H,3H2,1-2H3,(H2,16,17,18,19). The Balaban J connectivity index is 2.29. The SMILES string of the molecule is CCNc1cc(Nc2ccc(I)cc2Cl)nc(SC)n1. The number of aromatic nitrogens is 2. The Labute approximate surface area is 141 Å². The average Bonchev–Trinajstić information content (AvgIpc) is 2.42. The summed E-state index contributed by atoms with van der Waals surface area (Å²) >= 11 is 9.96. The van der Waals surface area contributed by atoms with Crippen LogP contribution in [0.3, 0.4) is 0 Å². The van der Waals surface area contributed by atoms with Crippen LogP contribution in [-0.2, 0) is 0 Å². The minimum absolute atomic E-state index is 0.672. The van der Waals surface area contributed by atoms with Crippen LogP contribution in [0.1, 0.15) is 6.92 Å². The van der Waals surface area contributed by atoms with E-state index in [9.17, 15) is 0 Å². The van der Waals surface area contributed by atoms with Crippen LogP contribution in [0, 0.1) is 3.57 Å². The molecule has 1 heterocycles. The topological polar surface area (TPSA) is 49.8 Å². The maximum absolute atomic E-state index is 6.22. The first-order chi connectivity index (χ1) is 9.62. The molecule has 0 saturated heterocycles. The average molecular weight is 421 g/mol. The van der Waals surface area contributed by atoms with Crippen molar-refractivity contribution in [2.24, 2.45) is 0 Å². The van der Waals surface area contributed by atoms with Gasteiger partial charge in [-0.1, -0.05) is 23.4 Å². The van der Waals surface area contributed by atoms with Gasteiger partial charge in [0.25, 0.3) is 0 Å². The van der Waals surface area contributed by atoms with Crippen molar-refractivity contribution in [2.75, 3.05) is 23.4 Å². The summed E-state index contributed by atoms with van der Waals surface area (Å²) in [6.45, 7) is 2.85. The van der Waals surface area contributed by atoms with Crippen molar-refractivity contribution in [2.45, 2.75) is 12.1 Å². The Morgan fingerprint density at radius 1 is 1.25 bits per heavy atom. The molecule has 106 valence electrons. The second-order valence-corrected chi connectivity index (χ2v) is 6.33. The van der Waals surface area contributed by atoms with E-state index in [0.717, 1.165) is 27.4 Å². The van der Waals surface area contributed by atoms with Crippen LogP contribution in [0.15, 0.2) is 29.4 Å². The number of halogens is 2. The van der Waals surface area contributed by atoms with Crippen molar-refractivity contribution in [3.05, 3.63) is 32.9 Å². The van der Waals surface area contributed by atoms with E-state index >= 15 is 0 Å². The van der Waals surface area contributed by atoms with Gasteiger partial charge in [0, 0.05) is 16.2 Å². The fourth-order valence-electron chi connectivity index (χ4n) is 1.58. The quantitative estimate of drug-likeness (QED) is 0.419. The van der Waals surface area contributed by atoms with Crippen molar-refractivity contribution in [3.8, 4) is 0 Å². The first kappa shape index (κ1) is 15.7. The summed E-state index contributed by atoms with van der Waals surface area (Å²) < 4.78 is 1.10. The van der Waals surface area contributed by atoms with E-state index < -0.39 is 0 Å². The van der Waals surface area contributed by atoms with Crippen molar-refractivity contribution < 1.29 is 0 Å². The maximum atomic E-state index is 6.22. The Hall–Kier alpha value is -0.730. The zero-order valence-corrected chi connectivity index (χ0v) is 14.8. The summed E-state index contributed by atoms with van der Waals surface area (Å²) in [6, 6.07) is 7.72. The second-order valence-electron chi connectivity index (χ2n) is 3.90. The highest BCUT2D eigenvalue weighted by atomic mass is 127. The monoisotopic (exact) mass is 420 g/mol. The summed E-state index contributed by atoms with van der Waals surface area (Å²) in [6.07, 6.45) is 1.95. The smallest absolute Gasteiger partial charge is 0.191 e. The minimum atomic E-state index is 0.672. The number of hydrogen-bond acceptors (Lipinski definition) is 5. The van der Waals surface area contributed by atoms with E-state index in [1.165, 1.54) is 11.8 Å². The largest absolute Gasteiger partial charge is 0.370 e. The van der Waals surface area contributed by atoms with Crippen LogP contribution < -0.4 is 10.6 Å². The third kappa shape index (κ3) is 4.13. The normalized spacial score (nSPS) is 10.4. The summed E-state index contributed by atoms with van der Waals surface area (Å²) in [5.74, 6) is 1.53. The van der Waals surface area contributed by atoms with Gasteiger partial charge in [-0.15, -0.1) is 0 Å². The van der Waals surface area contributed by atoms with Gasteiger partial charge in [-0.3, -0.25) is 0 Å². The Bertz CT molecular complexity index is 609. The zero-order valence-electron chi connectivity index (χ0n) is 11.1. The second kappa shape index (κ2) is 7.33. The molecule has 0 aliphatic heterocycles. The molecule has 0 aliphatic carbocycles. The van der Waals surface area contributed by atoms with Crippen LogP contribution in [0.25, 0.3) is 0 Å². The fourth-order valence-corrected chi connectivity index (χ4v) is 2.86. The van der Waals surface area contributed by atoms with Crippen LogP contribution in [0.5, 0.6) is 0 Å². The van der Waals surface area contributed by atoms with Crippen molar-refractivity contribution in [1.29, 1.82) is 0 Å². The summed E-state index contributed by atoms with van der Waals surface area (Å²) in [7, 11) is 0. The maximum Gasteiger partial charge on any atom is 0.191 e. The number of benzene rings is 1. The first-order valence-electron chi connectivity index (χ1n) is 6.01. The third-order valence-corrected chi connectivity index (χ3v) is 3.97. The van der Waals surface area contributed by atoms with Crippen LogP contribution >= 0.6 is 46.0 Å². The third-order valence-electron chi connectivity index (χ3n) is 2.44. The molecule has 0 amide bonds. The first-order valence-corrected chi connectivity index (χ1v) is 8.69. The van der Waals surface area contributed by atoms with Crippen molar-refractivity contribution in [1.82, 2.24) is 9.97 Å². The van der Waals surface area contributed by atoms with Gasteiger partial charge in [-0.2, -0.15) is 0 Å². The van der Waals surface area contributed by atoms with Crippen molar-refractivity contribution >= 4 is 63.3 Å². The molecule has 7 heteroatoms. The molecule has 1 aromatic heterocycles. The lowest BCUT2D eigenvalue weighted by molar-refractivity contribution is 0.967. The Morgan fingerprint density at radius 3 is 2.65 bits per heavy atom. The lowest BCUT2D eigenvalue weighted by atomic mass is 10.3. The van der Waals surface area contributed by atoms with Gasteiger partial charge in [0.2, 0.25) is 0 Å². The van der Waals surface area contributed by atoms with Gasteiger partial charge in [0.1, 0.15) is 11.6 Å². The number of anilines is 3. The van der Waals surface area contributed by atoms with E-state index in [1.807, 2.05) is 37.4 Å². The number of thioether (sulfide) groups is 1. The molecule has 0 spiro atoms. The van der Waals surface area contributed by atoms with E-state index in [2.05, 4.69) is 43.2 Å². The molecule has 0 atom stereocenters. The minimum Gasteiger partial charge on any atom is -0.370 e. The molecule has 0 radical (unpaired) electrons. The molecule has 0 fully saturated rings. The predicted octanol–water partition coefficient (Wildman–Crippen LogP) is 4.63. The predicted molar refractivity (Wildman–Crippen MR) is 95.4 cm³/mol. The van der Waals surface area contributed by atoms with Crippen LogP contribution in [0.4, 0.5) is 17.3 Å². The van der Waals surface area contributed by atoms with Gasteiger partial charge in [-0.25, -0.2) is 9.97 Å². The summed E-state index contributed by atoms with van der Waals surface area (Å²) in [4.78, 5) is 8.82. The highest BCUT2D eigenvalue weighted by molar-refractivity contribution is 14.1. The molecular formula is C13H14ClIN4S. The number of hydrogen-bond donors (Lipinski definition) is 2. The molecule has 20 heavy (non-hydrogen) atoms. The number of nitrogens with one attached hydrogen (secondary N) is 2. The molecule has 1 aromatic carbocycles. The summed E-state index contributed by atoms with van der Waals surface area (Å²) in [5.41, 5.74) is 0.834. The van der Waals surface area contributed by atoms with E-state index in [4.69, 9.17) is 11.6 Å². The molecule has 0 aliphatic rings. The molecule has 0 unspecified atom stereocenters. The zero-order chi connectivity index (χ0) is 14.5. The number of rotatable bonds is 5. The van der Waals surface area contributed by atoms with Gasteiger partial charge in [0.05, 0.1) is 10.7 Å². The molecular weight excluding hydrogens is 407 g/mol. The Morgan fingerprint density at radius 2 is 2.00 bits per heavy atom. The van der Waals surface area contributed by atoms with Crippen LogP contribution in [0.2, 0.25) is 5.02 Å². The van der Waals surface area contributed by atoms with Gasteiger partial charge >= 0.3 is 0 Å². The molecule has 2 aromatic rings.